The largest absolute Gasteiger partial charge is 0.361 e. The van der Waals surface area contributed by atoms with Gasteiger partial charge in [-0.1, -0.05) is 96.1 Å². The van der Waals surface area contributed by atoms with Gasteiger partial charge in [-0.25, -0.2) is 4.42 Å². The van der Waals surface area contributed by atoms with Crippen molar-refractivity contribution in [3.05, 3.63) is 102 Å². The van der Waals surface area contributed by atoms with E-state index in [1.807, 2.05) is 0 Å². The van der Waals surface area contributed by atoms with Crippen LogP contribution in [0.4, 0.5) is 0 Å². The summed E-state index contributed by atoms with van der Waals surface area (Å²) in [4.78, 5) is 0. The molecule has 4 aromatic rings. The van der Waals surface area contributed by atoms with E-state index in [9.17, 15) is 0 Å². The molecule has 1 nitrogen and oxygen atoms in total. The maximum atomic E-state index is 6.46. The molecule has 0 atom stereocenters. The molecule has 1 heteroatoms. The predicted molar refractivity (Wildman–Crippen MR) is 137 cm³/mol. The van der Waals surface area contributed by atoms with Crippen molar-refractivity contribution >= 4 is 0 Å². The van der Waals surface area contributed by atoms with Gasteiger partial charge in [-0.15, -0.1) is 0 Å². The summed E-state index contributed by atoms with van der Waals surface area (Å²) in [6, 6.07) is 32.3. The summed E-state index contributed by atoms with van der Waals surface area (Å²) in [6.07, 6.45) is 0. The lowest BCUT2D eigenvalue weighted by Crippen LogP contribution is -2.10. The van der Waals surface area contributed by atoms with Crippen molar-refractivity contribution in [2.24, 2.45) is 0 Å². The van der Waals surface area contributed by atoms with E-state index in [0.717, 1.165) is 28.2 Å². The van der Waals surface area contributed by atoms with Crippen LogP contribution in [0.1, 0.15) is 52.7 Å². The predicted octanol–water partition coefficient (Wildman–Crippen LogP) is 9.16. The molecule has 3 aromatic carbocycles. The van der Waals surface area contributed by atoms with Gasteiger partial charge < -0.3 is 0 Å². The fourth-order valence-corrected chi connectivity index (χ4v) is 3.85. The highest BCUT2D eigenvalue weighted by molar-refractivity contribution is 5.74. The van der Waals surface area contributed by atoms with Crippen molar-refractivity contribution < 1.29 is 4.42 Å². The summed E-state index contributed by atoms with van der Waals surface area (Å²) in [7, 11) is 0. The zero-order chi connectivity index (χ0) is 22.9. The van der Waals surface area contributed by atoms with Crippen LogP contribution in [-0.4, -0.2) is 0 Å². The van der Waals surface area contributed by atoms with Crippen LogP contribution >= 0.6 is 0 Å². The number of hydrogen-bond acceptors (Lipinski definition) is 0. The SMILES string of the molecule is CC(C)(C)c1ccc(-c2cc(-c3ccccc3)cc(-c3ccc(C(C)(C)C)cc3)[o+]2)cc1. The van der Waals surface area contributed by atoms with Crippen LogP contribution in [0.3, 0.4) is 0 Å². The Morgan fingerprint density at radius 2 is 0.844 bits per heavy atom. The topological polar surface area (TPSA) is 11.3 Å². The molecule has 32 heavy (non-hydrogen) atoms. The van der Waals surface area contributed by atoms with Gasteiger partial charge in [-0.2, -0.15) is 0 Å². The van der Waals surface area contributed by atoms with E-state index in [1.54, 1.807) is 0 Å². The summed E-state index contributed by atoms with van der Waals surface area (Å²) >= 11 is 0. The normalized spacial score (nSPS) is 12.1. The van der Waals surface area contributed by atoms with Gasteiger partial charge in [0.2, 0.25) is 0 Å². The molecule has 4 rings (SSSR count). The lowest BCUT2D eigenvalue weighted by atomic mass is 9.86. The highest BCUT2D eigenvalue weighted by atomic mass is 16.3. The van der Waals surface area contributed by atoms with Crippen LogP contribution < -0.4 is 0 Å². The van der Waals surface area contributed by atoms with Crippen molar-refractivity contribution in [1.29, 1.82) is 0 Å². The molecule has 0 amide bonds. The average Bonchev–Trinajstić information content (AvgIpc) is 2.78. The third-order valence-corrected chi connectivity index (χ3v) is 5.97. The maximum Gasteiger partial charge on any atom is 0.361 e. The van der Waals surface area contributed by atoms with Crippen LogP contribution in [0, 0.1) is 0 Å². The minimum Gasteiger partial charge on any atom is -0.207 e. The summed E-state index contributed by atoms with van der Waals surface area (Å²) in [5.41, 5.74) is 7.40. The molecule has 0 saturated carbocycles. The molecule has 0 aliphatic heterocycles. The zero-order valence-electron chi connectivity index (χ0n) is 20.1. The van der Waals surface area contributed by atoms with Crippen LogP contribution in [-0.2, 0) is 10.8 Å². The van der Waals surface area contributed by atoms with E-state index < -0.39 is 0 Å². The molecule has 0 aliphatic carbocycles. The third-order valence-electron chi connectivity index (χ3n) is 5.97. The Kier molecular flexibility index (Phi) is 5.77. The highest BCUT2D eigenvalue weighted by Gasteiger charge is 2.22. The van der Waals surface area contributed by atoms with Crippen molar-refractivity contribution in [2.75, 3.05) is 0 Å². The second kappa shape index (κ2) is 8.39. The monoisotopic (exact) mass is 421 g/mol. The molecule has 1 aromatic heterocycles. The van der Waals surface area contributed by atoms with Crippen LogP contribution in [0.25, 0.3) is 33.8 Å². The lowest BCUT2D eigenvalue weighted by Gasteiger charge is -2.18. The first kappa shape index (κ1) is 22.0. The van der Waals surface area contributed by atoms with Gasteiger partial charge in [0, 0.05) is 5.56 Å². The quantitative estimate of drug-likeness (QED) is 0.300. The fourth-order valence-electron chi connectivity index (χ4n) is 3.85. The second-order valence-corrected chi connectivity index (χ2v) is 10.6. The van der Waals surface area contributed by atoms with Crippen LogP contribution in [0.15, 0.2) is 95.4 Å². The molecule has 0 unspecified atom stereocenters. The van der Waals surface area contributed by atoms with Gasteiger partial charge in [0.15, 0.2) is 0 Å². The van der Waals surface area contributed by atoms with E-state index in [-0.39, 0.29) is 10.8 Å². The van der Waals surface area contributed by atoms with Crippen molar-refractivity contribution in [1.82, 2.24) is 0 Å². The zero-order valence-corrected chi connectivity index (χ0v) is 20.1. The minimum atomic E-state index is 0.127. The first-order chi connectivity index (χ1) is 15.1. The summed E-state index contributed by atoms with van der Waals surface area (Å²) in [5, 5.41) is 0. The van der Waals surface area contributed by atoms with Gasteiger partial charge in [-0.3, -0.25) is 0 Å². The Bertz CT molecular complexity index is 1110. The van der Waals surface area contributed by atoms with Gasteiger partial charge in [0.25, 0.3) is 0 Å². The number of rotatable bonds is 3. The smallest absolute Gasteiger partial charge is 0.207 e. The Morgan fingerprint density at radius 1 is 0.438 bits per heavy atom. The average molecular weight is 422 g/mol. The maximum absolute atomic E-state index is 6.46. The molecule has 1 heterocycles. The Balaban J connectivity index is 1.82. The first-order valence-corrected chi connectivity index (χ1v) is 11.4. The Morgan fingerprint density at radius 3 is 1.22 bits per heavy atom. The van der Waals surface area contributed by atoms with Crippen molar-refractivity contribution in [2.45, 2.75) is 52.4 Å². The van der Waals surface area contributed by atoms with E-state index in [1.165, 1.54) is 16.7 Å². The number of benzene rings is 3. The Labute approximate surface area is 192 Å². The van der Waals surface area contributed by atoms with E-state index in [0.29, 0.717) is 0 Å². The molecule has 162 valence electrons. The third kappa shape index (κ3) is 4.83. The van der Waals surface area contributed by atoms with Crippen LogP contribution in [0.2, 0.25) is 0 Å². The second-order valence-electron chi connectivity index (χ2n) is 10.6. The van der Waals surface area contributed by atoms with Crippen LogP contribution in [0.5, 0.6) is 0 Å². The molecular formula is C31H33O+. The van der Waals surface area contributed by atoms with Gasteiger partial charge in [0.05, 0.1) is 23.3 Å². The van der Waals surface area contributed by atoms with Crippen molar-refractivity contribution in [3.8, 4) is 33.8 Å². The van der Waals surface area contributed by atoms with Gasteiger partial charge >= 0.3 is 11.5 Å². The first-order valence-electron chi connectivity index (χ1n) is 11.4. The summed E-state index contributed by atoms with van der Waals surface area (Å²) in [5.74, 6) is 1.75. The van der Waals surface area contributed by atoms with Crippen molar-refractivity contribution in [3.63, 3.8) is 0 Å². The minimum absolute atomic E-state index is 0.127. The highest BCUT2D eigenvalue weighted by Crippen LogP contribution is 2.34. The molecule has 0 saturated heterocycles. The van der Waals surface area contributed by atoms with Gasteiger partial charge in [-0.05, 0) is 51.8 Å². The van der Waals surface area contributed by atoms with Gasteiger partial charge in [0.1, 0.15) is 0 Å². The standard InChI is InChI=1S/C31H33O/c1-30(2,3)26-16-12-23(13-17-26)28-20-25(22-10-8-7-9-11-22)21-29(32-28)24-14-18-27(19-15-24)31(4,5)6/h7-21H,1-6H3/q+1. The molecule has 0 bridgehead atoms. The summed E-state index contributed by atoms with van der Waals surface area (Å²) < 4.78 is 6.46. The molecule has 0 spiro atoms. The fraction of sp³-hybridized carbons (Fsp3) is 0.258. The molecule has 0 fully saturated rings. The molecule has 0 aliphatic rings. The van der Waals surface area contributed by atoms with E-state index in [4.69, 9.17) is 4.42 Å². The molecule has 0 N–H and O–H groups in total. The van der Waals surface area contributed by atoms with E-state index >= 15 is 0 Å². The summed E-state index contributed by atoms with van der Waals surface area (Å²) in [6.45, 7) is 13.4. The molecule has 0 radical (unpaired) electrons. The van der Waals surface area contributed by atoms with E-state index in [2.05, 4.69) is 133 Å². The lowest BCUT2D eigenvalue weighted by molar-refractivity contribution is 0.579. The number of hydrogen-bond donors (Lipinski definition) is 0. The Hall–Kier alpha value is -3.19. The molecular weight excluding hydrogens is 388 g/mol.